The summed E-state index contributed by atoms with van der Waals surface area (Å²) in [4.78, 5) is 64.8. The number of methoxy groups -OCH3 is 1. The fourth-order valence-corrected chi connectivity index (χ4v) is 9.10. The number of carbonyl (C=O) groups is 4. The lowest BCUT2D eigenvalue weighted by atomic mass is 10.0. The smallest absolute Gasteiger partial charge is 0.306 e. The van der Waals surface area contributed by atoms with Gasteiger partial charge in [-0.05, 0) is 74.2 Å². The molecule has 2 aromatic carbocycles. The van der Waals surface area contributed by atoms with Crippen molar-refractivity contribution >= 4 is 54.1 Å². The molecule has 2 atom stereocenters. The third-order valence-electron chi connectivity index (χ3n) is 12.4. The van der Waals surface area contributed by atoms with Crippen molar-refractivity contribution in [3.05, 3.63) is 64.3 Å². The molecule has 3 aromatic rings. The number of nitrogens with one attached hydrogen (secondary N) is 1. The highest BCUT2D eigenvalue weighted by molar-refractivity contribution is 7.45. The Morgan fingerprint density at radius 2 is 1.27 bits per heavy atom. The first-order chi connectivity index (χ1) is 33.5. The number of esters is 2. The number of aromatic nitrogens is 1. The average molecular weight is 1020 g/mol. The molecule has 0 saturated heterocycles. The van der Waals surface area contributed by atoms with Crippen molar-refractivity contribution in [2.45, 2.75) is 174 Å². The molecule has 1 aromatic heterocycles. The third-order valence-corrected chi connectivity index (χ3v) is 13.7. The number of unbranched alkanes of at least 4 members (excludes halogenated alkanes) is 19. The molecule has 70 heavy (non-hydrogen) atoms. The number of ether oxygens (including phenoxy) is 3. The maximum Gasteiger partial charge on any atom is 0.306 e. The minimum atomic E-state index is -4.70. The van der Waals surface area contributed by atoms with Gasteiger partial charge >= 0.3 is 11.9 Å². The van der Waals surface area contributed by atoms with Gasteiger partial charge in [0, 0.05) is 41.1 Å². The van der Waals surface area contributed by atoms with E-state index in [0.717, 1.165) is 62.3 Å². The highest BCUT2D eigenvalue weighted by Crippen LogP contribution is 2.38. The first kappa shape index (κ1) is 60.5. The Kier molecular flexibility index (Phi) is 29.2. The zero-order valence-electron chi connectivity index (χ0n) is 43.3. The number of carbonyl (C=O) groups excluding carboxylic acids is 4. The first-order valence-corrected chi connectivity index (χ1v) is 27.9. The van der Waals surface area contributed by atoms with Crippen molar-refractivity contribution in [3.8, 4) is 5.75 Å². The van der Waals surface area contributed by atoms with Gasteiger partial charge in [0.1, 0.15) is 25.5 Å². The summed E-state index contributed by atoms with van der Waals surface area (Å²) in [6.45, 7) is 4.11. The number of nitrogens with zero attached hydrogens (tertiary/aromatic N) is 2. The van der Waals surface area contributed by atoms with Gasteiger partial charge < -0.3 is 38.0 Å². The largest absolute Gasteiger partial charge is 0.756 e. The van der Waals surface area contributed by atoms with Gasteiger partial charge in [-0.2, -0.15) is 0 Å². The van der Waals surface area contributed by atoms with Crippen LogP contribution >= 0.6 is 19.4 Å². The van der Waals surface area contributed by atoms with Gasteiger partial charge in [0.05, 0.1) is 46.8 Å². The maximum atomic E-state index is 13.6. The molecule has 0 bridgehead atoms. The molecule has 1 N–H and O–H groups in total. The molecule has 0 radical (unpaired) electrons. The maximum absolute atomic E-state index is 13.6. The first-order valence-electron chi connectivity index (χ1n) is 26.0. The molecule has 2 unspecified atom stereocenters. The van der Waals surface area contributed by atoms with Gasteiger partial charge in [0.2, 0.25) is 5.91 Å². The van der Waals surface area contributed by atoms with E-state index in [0.29, 0.717) is 58.0 Å². The van der Waals surface area contributed by atoms with Gasteiger partial charge in [-0.3, -0.25) is 28.3 Å². The van der Waals surface area contributed by atoms with Crippen molar-refractivity contribution < 1.29 is 56.4 Å². The molecule has 1 amide bonds. The Bertz CT molecular complexity index is 2050. The van der Waals surface area contributed by atoms with E-state index < -0.39 is 32.5 Å². The van der Waals surface area contributed by atoms with E-state index >= 15 is 0 Å². The molecule has 0 spiro atoms. The highest BCUT2D eigenvalue weighted by Gasteiger charge is 2.24. The number of rotatable bonds is 39. The van der Waals surface area contributed by atoms with Crippen LogP contribution in [-0.2, 0) is 43.9 Å². The van der Waals surface area contributed by atoms with E-state index in [2.05, 4.69) is 12.2 Å². The number of phosphoric acid groups is 1. The molecule has 0 aliphatic rings. The summed E-state index contributed by atoms with van der Waals surface area (Å²) in [5, 5.41) is 4.33. The van der Waals surface area contributed by atoms with Crippen LogP contribution in [0, 0.1) is 6.92 Å². The number of halogens is 1. The van der Waals surface area contributed by atoms with Crippen molar-refractivity contribution in [1.82, 2.24) is 9.88 Å². The molecule has 14 nitrogen and oxygen atoms in total. The molecular weight excluding hydrogens is 933 g/mol. The Morgan fingerprint density at radius 1 is 0.729 bits per heavy atom. The second-order valence-corrected chi connectivity index (χ2v) is 21.4. The fourth-order valence-electron chi connectivity index (χ4n) is 8.25. The normalized spacial score (nSPS) is 13.0. The van der Waals surface area contributed by atoms with Crippen LogP contribution in [-0.4, -0.2) is 100 Å². The van der Waals surface area contributed by atoms with E-state index in [-0.39, 0.29) is 44.3 Å². The molecule has 0 fully saturated rings. The van der Waals surface area contributed by atoms with E-state index in [1.165, 1.54) is 70.6 Å². The predicted octanol–water partition coefficient (Wildman–Crippen LogP) is 11.6. The zero-order valence-corrected chi connectivity index (χ0v) is 45.0. The summed E-state index contributed by atoms with van der Waals surface area (Å²) in [6.07, 6.45) is 22.5. The van der Waals surface area contributed by atoms with Gasteiger partial charge in [-0.25, -0.2) is 0 Å². The summed E-state index contributed by atoms with van der Waals surface area (Å²) in [5.74, 6) is -0.701. The molecule has 1 heterocycles. The lowest BCUT2D eigenvalue weighted by Crippen LogP contribution is -2.37. The van der Waals surface area contributed by atoms with Gasteiger partial charge in [0.25, 0.3) is 13.7 Å². The van der Waals surface area contributed by atoms with Crippen molar-refractivity contribution in [3.63, 3.8) is 0 Å². The molecule has 16 heteroatoms. The molecule has 394 valence electrons. The number of hydrogen-bond acceptors (Lipinski definition) is 11. The summed E-state index contributed by atoms with van der Waals surface area (Å²) < 4.78 is 41.2. The summed E-state index contributed by atoms with van der Waals surface area (Å²) in [6, 6.07) is 12.2. The molecular formula is C54H85ClN3O11P. The number of likely N-dealkylation sites (N-methyl/N-ethyl adjacent to an activating group) is 1. The average Bonchev–Trinajstić information content (AvgIpc) is 3.58. The SMILES string of the molecule is CCCCCCCCCCCCCCCCCC(=O)OCC(COP(=O)([O-])OCC[N+](C)(C)C)OC(=O)CCCCCCCCNC(=O)Cc1c(C)n(C(=O)c2ccc(Cl)cc2)c2ccc(OC)cc12. The number of amides is 1. The Labute approximate surface area is 424 Å². The molecule has 0 aliphatic carbocycles. The van der Waals surface area contributed by atoms with E-state index in [1.807, 2.05) is 40.2 Å². The van der Waals surface area contributed by atoms with E-state index in [9.17, 15) is 28.6 Å². The number of fused-ring (bicyclic) bond motifs is 1. The quantitative estimate of drug-likeness (QED) is 0.0249. The molecule has 0 aliphatic heterocycles. The van der Waals surface area contributed by atoms with Crippen LogP contribution in [0.5, 0.6) is 5.75 Å². The van der Waals surface area contributed by atoms with Crippen LogP contribution < -0.4 is 14.9 Å². The summed E-state index contributed by atoms with van der Waals surface area (Å²) in [5.41, 5.74) is 2.60. The zero-order chi connectivity index (χ0) is 51.2. The lowest BCUT2D eigenvalue weighted by molar-refractivity contribution is -0.870. The van der Waals surface area contributed by atoms with Crippen LogP contribution in [0.1, 0.15) is 176 Å². The third kappa shape index (κ3) is 25.1. The number of hydrogen-bond donors (Lipinski definition) is 1. The summed E-state index contributed by atoms with van der Waals surface area (Å²) >= 11 is 6.06. The van der Waals surface area contributed by atoms with Crippen LogP contribution in [0.25, 0.3) is 10.9 Å². The second-order valence-electron chi connectivity index (χ2n) is 19.6. The van der Waals surface area contributed by atoms with E-state index in [1.54, 1.807) is 42.0 Å². The van der Waals surface area contributed by atoms with Crippen molar-refractivity contribution in [2.24, 2.45) is 0 Å². The van der Waals surface area contributed by atoms with Crippen molar-refractivity contribution in [2.75, 3.05) is 61.2 Å². The minimum absolute atomic E-state index is 0.0718. The van der Waals surface area contributed by atoms with Gasteiger partial charge in [-0.15, -0.1) is 0 Å². The number of benzene rings is 2. The Hall–Kier alpha value is -3.78. The highest BCUT2D eigenvalue weighted by atomic mass is 35.5. The number of quaternary nitrogens is 1. The lowest BCUT2D eigenvalue weighted by Gasteiger charge is -2.28. The standard InChI is InChI=1S/C54H85ClN3O11P/c1-7-8-9-10-11-12-13-14-15-16-17-18-19-22-25-28-52(60)66-41-47(42-68-70(63,64)67-38-37-58(3,4)5)69-53(61)29-26-23-20-21-24-27-36-56-51(59)40-48-43(2)57(50-35-34-46(65-6)39-49(48)50)54(62)44-30-32-45(55)33-31-44/h30-35,39,47H,7-29,36-38,40-42H2,1-6H3,(H-,56,59,63,64). The molecule has 0 saturated carbocycles. The van der Waals surface area contributed by atoms with Crippen LogP contribution in [0.15, 0.2) is 42.5 Å². The predicted molar refractivity (Wildman–Crippen MR) is 276 cm³/mol. The minimum Gasteiger partial charge on any atom is -0.756 e. The van der Waals surface area contributed by atoms with Crippen LogP contribution in [0.3, 0.4) is 0 Å². The van der Waals surface area contributed by atoms with Crippen LogP contribution in [0.4, 0.5) is 0 Å². The fraction of sp³-hybridized carbons (Fsp3) is 0.667. The van der Waals surface area contributed by atoms with Gasteiger partial charge in [-0.1, -0.05) is 134 Å². The Morgan fingerprint density at radius 3 is 1.83 bits per heavy atom. The molecule has 3 rings (SSSR count). The number of phosphoric ester groups is 1. The monoisotopic (exact) mass is 1020 g/mol. The van der Waals surface area contributed by atoms with Gasteiger partial charge in [0.15, 0.2) is 6.10 Å². The topological polar surface area (TPSA) is 172 Å². The second kappa shape index (κ2) is 33.8. The Balaban J connectivity index is 1.35. The summed E-state index contributed by atoms with van der Waals surface area (Å²) in [7, 11) is 2.60. The van der Waals surface area contributed by atoms with E-state index in [4.69, 9.17) is 34.9 Å². The van der Waals surface area contributed by atoms with Crippen LogP contribution in [0.2, 0.25) is 5.02 Å². The van der Waals surface area contributed by atoms with Crippen molar-refractivity contribution in [1.29, 1.82) is 0 Å².